The highest BCUT2D eigenvalue weighted by molar-refractivity contribution is 5.99. The number of hydrogen-bond acceptors (Lipinski definition) is 5. The molecule has 4 rings (SSSR count). The lowest BCUT2D eigenvalue weighted by molar-refractivity contribution is 0.0172. The van der Waals surface area contributed by atoms with E-state index in [-0.39, 0.29) is 17.4 Å². The zero-order valence-corrected chi connectivity index (χ0v) is 19.7. The predicted octanol–water partition coefficient (Wildman–Crippen LogP) is 3.68. The molecule has 0 atom stereocenters. The molecular weight excluding hydrogens is 435 g/mol. The second-order valence-electron chi connectivity index (χ2n) is 9.20. The van der Waals surface area contributed by atoms with Crippen LogP contribution in [-0.2, 0) is 11.4 Å². The maximum absolute atomic E-state index is 14.5. The van der Waals surface area contributed by atoms with Gasteiger partial charge in [0.25, 0.3) is 11.8 Å². The van der Waals surface area contributed by atoms with Crippen LogP contribution >= 0.6 is 0 Å². The molecule has 2 aromatic carbocycles. The van der Waals surface area contributed by atoms with Crippen molar-refractivity contribution in [3.8, 4) is 0 Å². The Morgan fingerprint density at radius 2 is 1.76 bits per heavy atom. The quantitative estimate of drug-likeness (QED) is 0.579. The third-order valence-electron chi connectivity index (χ3n) is 6.66. The first-order valence-corrected chi connectivity index (χ1v) is 12.0. The van der Waals surface area contributed by atoms with E-state index in [9.17, 15) is 14.0 Å². The summed E-state index contributed by atoms with van der Waals surface area (Å²) < 4.78 is 14.5. The molecule has 0 bridgehead atoms. The summed E-state index contributed by atoms with van der Waals surface area (Å²) in [4.78, 5) is 34.8. The monoisotopic (exact) mass is 468 g/mol. The van der Waals surface area contributed by atoms with Crippen molar-refractivity contribution in [2.24, 2.45) is 5.92 Å². The van der Waals surface area contributed by atoms with E-state index in [1.165, 1.54) is 18.9 Å². The molecule has 7 nitrogen and oxygen atoms in total. The van der Waals surface area contributed by atoms with Crippen LogP contribution in [0.3, 0.4) is 0 Å². The van der Waals surface area contributed by atoms with Crippen molar-refractivity contribution in [3.63, 3.8) is 0 Å². The van der Waals surface area contributed by atoms with Crippen LogP contribution in [0.25, 0.3) is 0 Å². The summed E-state index contributed by atoms with van der Waals surface area (Å²) >= 11 is 0. The highest BCUT2D eigenvalue weighted by atomic mass is 19.1. The van der Waals surface area contributed by atoms with Gasteiger partial charge in [-0.05, 0) is 55.6 Å². The molecule has 2 aliphatic rings. The van der Waals surface area contributed by atoms with Crippen LogP contribution in [0.5, 0.6) is 0 Å². The van der Waals surface area contributed by atoms with Gasteiger partial charge in [0.2, 0.25) is 0 Å². The number of halogens is 1. The normalized spacial score (nSPS) is 17.1. The summed E-state index contributed by atoms with van der Waals surface area (Å²) in [5.41, 5.74) is 4.49. The molecule has 2 amide bonds. The first-order valence-electron chi connectivity index (χ1n) is 12.0. The molecule has 2 aromatic rings. The van der Waals surface area contributed by atoms with E-state index < -0.39 is 5.82 Å². The molecule has 0 unspecified atom stereocenters. The summed E-state index contributed by atoms with van der Waals surface area (Å²) in [5, 5.41) is 3.24. The number of nitrogens with one attached hydrogen (secondary N) is 2. The first-order chi connectivity index (χ1) is 16.5. The molecule has 0 radical (unpaired) electrons. The minimum Gasteiger partial charge on any atom is -0.380 e. The first kappa shape index (κ1) is 24.2. The standard InChI is InChI=1S/C26H33FN4O3/c1-30-12-14-31(15-13-30)26(33)22-16-20(10-11-23(22)27)17-28-24-9-5-4-8-21(24)25(32)29-34-18-19-6-2-3-7-19/h4-5,8-11,16,19,28H,2-3,6-7,12-15,17-18H2,1H3,(H,29,32). The van der Waals surface area contributed by atoms with Crippen molar-refractivity contribution in [3.05, 3.63) is 65.0 Å². The molecule has 8 heteroatoms. The van der Waals surface area contributed by atoms with E-state index in [1.54, 1.807) is 29.2 Å². The number of benzene rings is 2. The number of amides is 2. The summed E-state index contributed by atoms with van der Waals surface area (Å²) in [5.74, 6) is -0.612. The number of carbonyl (C=O) groups is 2. The van der Waals surface area contributed by atoms with Crippen molar-refractivity contribution in [2.75, 3.05) is 45.2 Å². The van der Waals surface area contributed by atoms with Gasteiger partial charge < -0.3 is 15.1 Å². The summed E-state index contributed by atoms with van der Waals surface area (Å²) in [6.45, 7) is 3.60. The SMILES string of the molecule is CN1CCN(C(=O)c2cc(CNc3ccccc3C(=O)NOCC3CCCC3)ccc2F)CC1. The Hall–Kier alpha value is -2.97. The van der Waals surface area contributed by atoms with Crippen molar-refractivity contribution in [1.29, 1.82) is 0 Å². The Labute approximate surface area is 200 Å². The molecule has 2 N–H and O–H groups in total. The maximum atomic E-state index is 14.5. The lowest BCUT2D eigenvalue weighted by atomic mass is 10.1. The Kier molecular flexibility index (Phi) is 8.13. The van der Waals surface area contributed by atoms with E-state index in [0.717, 1.165) is 31.5 Å². The number of para-hydroxylation sites is 1. The van der Waals surface area contributed by atoms with Gasteiger partial charge in [0.15, 0.2) is 0 Å². The van der Waals surface area contributed by atoms with Gasteiger partial charge in [0.05, 0.1) is 17.7 Å². The summed E-state index contributed by atoms with van der Waals surface area (Å²) in [7, 11) is 2.01. The minimum absolute atomic E-state index is 0.0789. The predicted molar refractivity (Wildman–Crippen MR) is 129 cm³/mol. The van der Waals surface area contributed by atoms with Crippen LogP contribution < -0.4 is 10.8 Å². The maximum Gasteiger partial charge on any atom is 0.276 e. The highest BCUT2D eigenvalue weighted by Crippen LogP contribution is 2.24. The molecular formula is C26H33FN4O3. The zero-order valence-electron chi connectivity index (χ0n) is 19.7. The van der Waals surface area contributed by atoms with Gasteiger partial charge in [-0.1, -0.05) is 31.0 Å². The van der Waals surface area contributed by atoms with Crippen LogP contribution in [0.2, 0.25) is 0 Å². The molecule has 0 aromatic heterocycles. The van der Waals surface area contributed by atoms with Gasteiger partial charge in [-0.3, -0.25) is 14.4 Å². The topological polar surface area (TPSA) is 73.9 Å². The Bertz CT molecular complexity index is 1000. The Morgan fingerprint density at radius 3 is 2.53 bits per heavy atom. The number of likely N-dealkylation sites (N-methyl/N-ethyl adjacent to an activating group) is 1. The van der Waals surface area contributed by atoms with Gasteiger partial charge >= 0.3 is 0 Å². The Morgan fingerprint density at radius 1 is 1.03 bits per heavy atom. The Balaban J connectivity index is 1.37. The van der Waals surface area contributed by atoms with Gasteiger partial charge in [-0.25, -0.2) is 9.87 Å². The molecule has 34 heavy (non-hydrogen) atoms. The van der Waals surface area contributed by atoms with Crippen molar-refractivity contribution < 1.29 is 18.8 Å². The van der Waals surface area contributed by atoms with Crippen LogP contribution in [0.1, 0.15) is 52.0 Å². The molecule has 1 aliphatic heterocycles. The molecule has 2 fully saturated rings. The largest absolute Gasteiger partial charge is 0.380 e. The molecule has 182 valence electrons. The number of nitrogens with zero attached hydrogens (tertiary/aromatic N) is 2. The number of piperazine rings is 1. The number of hydroxylamine groups is 1. The number of anilines is 1. The molecule has 1 saturated carbocycles. The van der Waals surface area contributed by atoms with Gasteiger partial charge in [-0.2, -0.15) is 0 Å². The van der Waals surface area contributed by atoms with Gasteiger partial charge in [-0.15, -0.1) is 0 Å². The highest BCUT2D eigenvalue weighted by Gasteiger charge is 2.23. The lowest BCUT2D eigenvalue weighted by Gasteiger charge is -2.32. The number of rotatable bonds is 8. The van der Waals surface area contributed by atoms with Crippen molar-refractivity contribution in [1.82, 2.24) is 15.3 Å². The third-order valence-corrected chi connectivity index (χ3v) is 6.66. The minimum atomic E-state index is -0.521. The van der Waals surface area contributed by atoms with E-state index in [1.807, 2.05) is 19.2 Å². The molecule has 1 heterocycles. The van der Waals surface area contributed by atoms with Gasteiger partial charge in [0, 0.05) is 38.4 Å². The van der Waals surface area contributed by atoms with Gasteiger partial charge in [0.1, 0.15) is 5.82 Å². The van der Waals surface area contributed by atoms with E-state index >= 15 is 0 Å². The zero-order chi connectivity index (χ0) is 23.9. The summed E-state index contributed by atoms with van der Waals surface area (Å²) in [6.07, 6.45) is 4.73. The van der Waals surface area contributed by atoms with Crippen LogP contribution in [0.4, 0.5) is 10.1 Å². The average Bonchev–Trinajstić information content (AvgIpc) is 3.37. The van der Waals surface area contributed by atoms with E-state index in [2.05, 4.69) is 15.7 Å². The fourth-order valence-electron chi connectivity index (χ4n) is 4.52. The summed E-state index contributed by atoms with van der Waals surface area (Å²) in [6, 6.07) is 11.7. The molecule has 1 aliphatic carbocycles. The third kappa shape index (κ3) is 6.12. The molecule has 1 saturated heterocycles. The smallest absolute Gasteiger partial charge is 0.276 e. The molecule has 0 spiro atoms. The van der Waals surface area contributed by atoms with Crippen LogP contribution in [0, 0.1) is 11.7 Å². The second-order valence-corrected chi connectivity index (χ2v) is 9.20. The fraction of sp³-hybridized carbons (Fsp3) is 0.462. The van der Waals surface area contributed by atoms with E-state index in [0.29, 0.717) is 43.4 Å². The van der Waals surface area contributed by atoms with Crippen molar-refractivity contribution in [2.45, 2.75) is 32.2 Å². The number of hydrogen-bond donors (Lipinski definition) is 2. The van der Waals surface area contributed by atoms with Crippen molar-refractivity contribution >= 4 is 17.5 Å². The van der Waals surface area contributed by atoms with E-state index in [4.69, 9.17) is 4.84 Å². The second kappa shape index (κ2) is 11.4. The average molecular weight is 469 g/mol. The van der Waals surface area contributed by atoms with Crippen LogP contribution in [-0.4, -0.2) is 61.4 Å². The van der Waals surface area contributed by atoms with Crippen LogP contribution in [0.15, 0.2) is 42.5 Å². The number of carbonyl (C=O) groups excluding carboxylic acids is 2. The fourth-order valence-corrected chi connectivity index (χ4v) is 4.52. The lowest BCUT2D eigenvalue weighted by Crippen LogP contribution is -2.47.